The van der Waals surface area contributed by atoms with Gasteiger partial charge in [0.1, 0.15) is 0 Å². The number of unbranched alkanes of at least 4 members (excludes halogenated alkanes) is 1. The van der Waals surface area contributed by atoms with E-state index in [1.54, 1.807) is 0 Å². The zero-order valence-corrected chi connectivity index (χ0v) is 10.6. The van der Waals surface area contributed by atoms with Crippen LogP contribution in [0.5, 0.6) is 0 Å². The second-order valence-corrected chi connectivity index (χ2v) is 4.89. The zero-order valence-electron chi connectivity index (χ0n) is 10.6. The maximum atomic E-state index is 10.8. The van der Waals surface area contributed by atoms with Crippen molar-refractivity contribution in [3.63, 3.8) is 0 Å². The molecule has 4 nitrogen and oxygen atoms in total. The normalized spacial score (nSPS) is 28.2. The number of hydrogen-bond donors (Lipinski definition) is 1. The van der Waals surface area contributed by atoms with Gasteiger partial charge in [0.2, 0.25) is 0 Å². The van der Waals surface area contributed by atoms with E-state index in [0.29, 0.717) is 6.04 Å². The lowest BCUT2D eigenvalue weighted by molar-refractivity contribution is -0.139. The Bertz CT molecular complexity index is 233. The molecule has 2 unspecified atom stereocenters. The van der Waals surface area contributed by atoms with Crippen LogP contribution < -0.4 is 0 Å². The van der Waals surface area contributed by atoms with Crippen LogP contribution in [-0.2, 0) is 4.79 Å². The lowest BCUT2D eigenvalue weighted by Crippen LogP contribution is -2.56. The van der Waals surface area contributed by atoms with Crippen molar-refractivity contribution in [2.24, 2.45) is 0 Å². The van der Waals surface area contributed by atoms with E-state index in [2.05, 4.69) is 30.7 Å². The third-order valence-corrected chi connectivity index (χ3v) is 3.48. The number of hydrogen-bond acceptors (Lipinski definition) is 3. The molecule has 1 aliphatic heterocycles. The predicted octanol–water partition coefficient (Wildman–Crippen LogP) is 1.27. The van der Waals surface area contributed by atoms with Gasteiger partial charge in [-0.25, -0.2) is 0 Å². The average molecular weight is 228 g/mol. The van der Waals surface area contributed by atoms with Crippen molar-refractivity contribution in [3.8, 4) is 0 Å². The third kappa shape index (κ3) is 3.76. The molecule has 0 radical (unpaired) electrons. The van der Waals surface area contributed by atoms with E-state index in [9.17, 15) is 4.79 Å². The SMILES string of the molecule is CCCCN1CC(C)N(C)CC1CC(=O)O. The fourth-order valence-electron chi connectivity index (χ4n) is 2.29. The lowest BCUT2D eigenvalue weighted by Gasteiger charge is -2.43. The summed E-state index contributed by atoms with van der Waals surface area (Å²) in [6.07, 6.45) is 2.59. The molecule has 0 aliphatic carbocycles. The number of piperazine rings is 1. The summed E-state index contributed by atoms with van der Waals surface area (Å²) in [5, 5.41) is 8.92. The molecule has 1 aliphatic rings. The molecule has 0 amide bonds. The molecule has 1 fully saturated rings. The number of likely N-dealkylation sites (N-methyl/N-ethyl adjacent to an activating group) is 1. The van der Waals surface area contributed by atoms with Crippen LogP contribution in [0.15, 0.2) is 0 Å². The summed E-state index contributed by atoms with van der Waals surface area (Å²) in [5.74, 6) is -0.686. The minimum absolute atomic E-state index is 0.185. The van der Waals surface area contributed by atoms with Crippen LogP contribution >= 0.6 is 0 Å². The lowest BCUT2D eigenvalue weighted by atomic mass is 10.0. The maximum absolute atomic E-state index is 10.8. The molecule has 1 heterocycles. The highest BCUT2D eigenvalue weighted by Crippen LogP contribution is 2.16. The second kappa shape index (κ2) is 6.21. The molecule has 0 saturated carbocycles. The van der Waals surface area contributed by atoms with E-state index in [1.807, 2.05) is 0 Å². The Morgan fingerprint density at radius 2 is 2.12 bits per heavy atom. The van der Waals surface area contributed by atoms with E-state index in [4.69, 9.17) is 5.11 Å². The highest BCUT2D eigenvalue weighted by molar-refractivity contribution is 5.67. The van der Waals surface area contributed by atoms with E-state index >= 15 is 0 Å². The van der Waals surface area contributed by atoms with Gasteiger partial charge in [-0.05, 0) is 26.9 Å². The van der Waals surface area contributed by atoms with Gasteiger partial charge < -0.3 is 10.0 Å². The van der Waals surface area contributed by atoms with Crippen molar-refractivity contribution < 1.29 is 9.90 Å². The van der Waals surface area contributed by atoms with Crippen LogP contribution in [0, 0.1) is 0 Å². The van der Waals surface area contributed by atoms with Crippen molar-refractivity contribution in [3.05, 3.63) is 0 Å². The van der Waals surface area contributed by atoms with Gasteiger partial charge in [0.05, 0.1) is 6.42 Å². The van der Waals surface area contributed by atoms with Crippen molar-refractivity contribution >= 4 is 5.97 Å². The quantitative estimate of drug-likeness (QED) is 0.769. The fraction of sp³-hybridized carbons (Fsp3) is 0.917. The fourth-order valence-corrected chi connectivity index (χ4v) is 2.29. The van der Waals surface area contributed by atoms with Crippen LogP contribution in [0.4, 0.5) is 0 Å². The molecule has 16 heavy (non-hydrogen) atoms. The predicted molar refractivity (Wildman–Crippen MR) is 64.6 cm³/mol. The van der Waals surface area contributed by atoms with Gasteiger partial charge in [-0.15, -0.1) is 0 Å². The Hall–Kier alpha value is -0.610. The summed E-state index contributed by atoms with van der Waals surface area (Å²) in [6, 6.07) is 0.715. The number of carbonyl (C=O) groups is 1. The van der Waals surface area contributed by atoms with Gasteiger partial charge >= 0.3 is 5.97 Å². The van der Waals surface area contributed by atoms with Gasteiger partial charge in [0.25, 0.3) is 0 Å². The Morgan fingerprint density at radius 3 is 2.69 bits per heavy atom. The van der Waals surface area contributed by atoms with Crippen LogP contribution in [0.1, 0.15) is 33.1 Å². The molecule has 2 atom stereocenters. The molecule has 0 aromatic carbocycles. The van der Waals surface area contributed by atoms with Crippen molar-refractivity contribution in [2.45, 2.75) is 45.2 Å². The molecule has 0 aromatic heterocycles. The highest BCUT2D eigenvalue weighted by Gasteiger charge is 2.30. The number of aliphatic carboxylic acids is 1. The van der Waals surface area contributed by atoms with Crippen LogP contribution in [0.3, 0.4) is 0 Å². The van der Waals surface area contributed by atoms with Crippen LogP contribution in [0.25, 0.3) is 0 Å². The summed E-state index contributed by atoms with van der Waals surface area (Å²) < 4.78 is 0. The number of nitrogens with zero attached hydrogens (tertiary/aromatic N) is 2. The average Bonchev–Trinajstić information content (AvgIpc) is 2.20. The molecule has 94 valence electrons. The Kier molecular flexibility index (Phi) is 5.22. The summed E-state index contributed by atoms with van der Waals surface area (Å²) in [5.41, 5.74) is 0. The minimum atomic E-state index is -0.686. The molecular formula is C12H24N2O2. The highest BCUT2D eigenvalue weighted by atomic mass is 16.4. The van der Waals surface area contributed by atoms with Crippen molar-refractivity contribution in [1.82, 2.24) is 9.80 Å². The van der Waals surface area contributed by atoms with Gasteiger partial charge in [-0.2, -0.15) is 0 Å². The molecular weight excluding hydrogens is 204 g/mol. The topological polar surface area (TPSA) is 43.8 Å². The van der Waals surface area contributed by atoms with Crippen molar-refractivity contribution in [1.29, 1.82) is 0 Å². The van der Waals surface area contributed by atoms with Gasteiger partial charge in [-0.1, -0.05) is 13.3 Å². The van der Waals surface area contributed by atoms with E-state index in [0.717, 1.165) is 26.1 Å². The number of rotatable bonds is 5. The molecule has 4 heteroatoms. The number of carboxylic acids is 1. The first-order valence-electron chi connectivity index (χ1n) is 6.20. The molecule has 0 bridgehead atoms. The maximum Gasteiger partial charge on any atom is 0.304 e. The van der Waals surface area contributed by atoms with E-state index in [1.165, 1.54) is 6.42 Å². The standard InChI is InChI=1S/C12H24N2O2/c1-4-5-6-14-8-10(2)13(3)9-11(14)7-12(15)16/h10-11H,4-9H2,1-3H3,(H,15,16). The second-order valence-electron chi connectivity index (χ2n) is 4.89. The smallest absolute Gasteiger partial charge is 0.304 e. The Balaban J connectivity index is 2.56. The molecule has 1 rings (SSSR count). The monoisotopic (exact) mass is 228 g/mol. The molecule has 0 aromatic rings. The summed E-state index contributed by atoms with van der Waals surface area (Å²) in [4.78, 5) is 15.4. The molecule has 1 saturated heterocycles. The van der Waals surface area contributed by atoms with Crippen LogP contribution in [0.2, 0.25) is 0 Å². The summed E-state index contributed by atoms with van der Waals surface area (Å²) >= 11 is 0. The van der Waals surface area contributed by atoms with Gasteiger partial charge in [0, 0.05) is 25.2 Å². The Labute approximate surface area is 98.2 Å². The number of carboxylic acid groups (broad SMARTS) is 1. The van der Waals surface area contributed by atoms with Crippen molar-refractivity contribution in [2.75, 3.05) is 26.7 Å². The van der Waals surface area contributed by atoms with E-state index in [-0.39, 0.29) is 12.5 Å². The summed E-state index contributed by atoms with van der Waals surface area (Å²) in [7, 11) is 2.08. The molecule has 1 N–H and O–H groups in total. The first-order chi connectivity index (χ1) is 7.54. The van der Waals surface area contributed by atoms with E-state index < -0.39 is 5.97 Å². The minimum Gasteiger partial charge on any atom is -0.481 e. The third-order valence-electron chi connectivity index (χ3n) is 3.48. The van der Waals surface area contributed by atoms with Gasteiger partial charge in [-0.3, -0.25) is 9.69 Å². The Morgan fingerprint density at radius 1 is 1.44 bits per heavy atom. The van der Waals surface area contributed by atoms with Crippen LogP contribution in [-0.4, -0.2) is 59.6 Å². The first-order valence-corrected chi connectivity index (χ1v) is 6.20. The zero-order chi connectivity index (χ0) is 12.1. The van der Waals surface area contributed by atoms with Gasteiger partial charge in [0.15, 0.2) is 0 Å². The summed E-state index contributed by atoms with van der Waals surface area (Å²) in [6.45, 7) is 7.28. The first kappa shape index (κ1) is 13.5. The largest absolute Gasteiger partial charge is 0.481 e. The molecule has 0 spiro atoms.